The van der Waals surface area contributed by atoms with Crippen molar-refractivity contribution in [1.82, 2.24) is 0 Å². The molecule has 0 aromatic heterocycles. The molecule has 0 bridgehead atoms. The largest absolute Gasteiger partial charge is 0.332 e. The minimum atomic E-state index is -0.420. The Labute approximate surface area is 141 Å². The fourth-order valence-corrected chi connectivity index (χ4v) is 2.30. The van der Waals surface area contributed by atoms with E-state index in [4.69, 9.17) is 12.2 Å². The van der Waals surface area contributed by atoms with Gasteiger partial charge in [-0.25, -0.2) is 0 Å². The first kappa shape index (κ1) is 16.9. The van der Waals surface area contributed by atoms with Crippen LogP contribution in [0.3, 0.4) is 0 Å². The predicted octanol–water partition coefficient (Wildman–Crippen LogP) is 4.55. The van der Waals surface area contributed by atoms with Gasteiger partial charge in [0.25, 0.3) is 5.69 Å². The summed E-state index contributed by atoms with van der Waals surface area (Å²) in [5.74, 6) is 0.485. The van der Waals surface area contributed by atoms with E-state index >= 15 is 0 Å². The van der Waals surface area contributed by atoms with Crippen LogP contribution < -0.4 is 10.2 Å². The molecule has 6 heteroatoms. The van der Waals surface area contributed by atoms with E-state index in [-0.39, 0.29) is 5.69 Å². The van der Waals surface area contributed by atoms with Gasteiger partial charge in [-0.05, 0) is 48.0 Å². The number of benzene rings is 2. The molecule has 0 saturated carbocycles. The molecule has 120 valence electrons. The minimum absolute atomic E-state index is 0.0605. The van der Waals surface area contributed by atoms with Crippen molar-refractivity contribution < 1.29 is 4.92 Å². The van der Waals surface area contributed by atoms with Gasteiger partial charge < -0.3 is 10.2 Å². The minimum Gasteiger partial charge on any atom is -0.332 e. The van der Waals surface area contributed by atoms with Crippen molar-refractivity contribution in [3.63, 3.8) is 0 Å². The monoisotopic (exact) mass is 329 g/mol. The number of nitrogens with one attached hydrogen (secondary N) is 1. The molecule has 0 aliphatic heterocycles. The summed E-state index contributed by atoms with van der Waals surface area (Å²) in [5.41, 5.74) is 3.02. The highest BCUT2D eigenvalue weighted by Gasteiger charge is 2.10. The van der Waals surface area contributed by atoms with E-state index < -0.39 is 4.92 Å². The van der Waals surface area contributed by atoms with E-state index in [1.54, 1.807) is 17.0 Å². The van der Waals surface area contributed by atoms with E-state index in [9.17, 15) is 10.1 Å². The first-order valence-electron chi connectivity index (χ1n) is 7.27. The lowest BCUT2D eigenvalue weighted by Gasteiger charge is -2.21. The Kier molecular flexibility index (Phi) is 5.28. The van der Waals surface area contributed by atoms with Crippen LogP contribution in [0.15, 0.2) is 48.5 Å². The van der Waals surface area contributed by atoms with Crippen LogP contribution in [0.25, 0.3) is 0 Å². The molecule has 5 nitrogen and oxygen atoms in total. The summed E-state index contributed by atoms with van der Waals surface area (Å²) in [6, 6.07) is 14.4. The smallest absolute Gasteiger partial charge is 0.269 e. The molecule has 23 heavy (non-hydrogen) atoms. The van der Waals surface area contributed by atoms with Gasteiger partial charge in [-0.2, -0.15) is 0 Å². The average Bonchev–Trinajstić information content (AvgIpc) is 2.54. The molecular weight excluding hydrogens is 310 g/mol. The standard InChI is InChI=1S/C17H19N3O2S/c1-12(2)13-4-6-14(7-5-13)18-17(23)19(3)15-8-10-16(11-9-15)20(21)22/h4-12H,1-3H3,(H,18,23). The van der Waals surface area contributed by atoms with Crippen LogP contribution in [0.1, 0.15) is 25.3 Å². The summed E-state index contributed by atoms with van der Waals surface area (Å²) < 4.78 is 0. The molecule has 0 aliphatic carbocycles. The highest BCUT2D eigenvalue weighted by Crippen LogP contribution is 2.20. The van der Waals surface area contributed by atoms with Crippen LogP contribution in [-0.2, 0) is 0 Å². The van der Waals surface area contributed by atoms with Crippen molar-refractivity contribution in [3.05, 3.63) is 64.2 Å². The molecule has 2 aromatic rings. The summed E-state index contributed by atoms with van der Waals surface area (Å²) in [5, 5.41) is 14.4. The van der Waals surface area contributed by atoms with Gasteiger partial charge in [0.05, 0.1) is 4.92 Å². The number of nitrogens with zero attached hydrogens (tertiary/aromatic N) is 2. The van der Waals surface area contributed by atoms with Crippen molar-refractivity contribution in [1.29, 1.82) is 0 Å². The molecule has 2 aromatic carbocycles. The summed E-state index contributed by atoms with van der Waals surface area (Å²) in [6.45, 7) is 4.30. The molecule has 0 heterocycles. The van der Waals surface area contributed by atoms with Gasteiger partial charge in [0.2, 0.25) is 0 Å². The molecule has 0 unspecified atom stereocenters. The van der Waals surface area contributed by atoms with Gasteiger partial charge in [-0.3, -0.25) is 10.1 Å². The van der Waals surface area contributed by atoms with Crippen molar-refractivity contribution >= 4 is 34.4 Å². The Morgan fingerprint density at radius 1 is 1.13 bits per heavy atom. The van der Waals surface area contributed by atoms with Crippen LogP contribution in [0.5, 0.6) is 0 Å². The molecule has 1 N–H and O–H groups in total. The fourth-order valence-electron chi connectivity index (χ4n) is 2.07. The number of nitro benzene ring substituents is 1. The first-order chi connectivity index (χ1) is 10.9. The second kappa shape index (κ2) is 7.19. The van der Waals surface area contributed by atoms with Gasteiger partial charge in [-0.15, -0.1) is 0 Å². The number of hydrogen-bond acceptors (Lipinski definition) is 3. The van der Waals surface area contributed by atoms with Crippen LogP contribution >= 0.6 is 12.2 Å². The molecule has 2 rings (SSSR count). The average molecular weight is 329 g/mol. The molecular formula is C17H19N3O2S. The third-order valence-electron chi connectivity index (χ3n) is 3.58. The molecule has 0 aliphatic rings. The van der Waals surface area contributed by atoms with E-state index in [0.717, 1.165) is 11.4 Å². The van der Waals surface area contributed by atoms with E-state index in [1.165, 1.54) is 17.7 Å². The number of thiocarbonyl (C=S) groups is 1. The molecule has 0 amide bonds. The molecule has 0 radical (unpaired) electrons. The lowest BCUT2D eigenvalue weighted by molar-refractivity contribution is -0.384. The fraction of sp³-hybridized carbons (Fsp3) is 0.235. The summed E-state index contributed by atoms with van der Waals surface area (Å²) in [6.07, 6.45) is 0. The Morgan fingerprint density at radius 3 is 2.17 bits per heavy atom. The second-order valence-electron chi connectivity index (χ2n) is 5.54. The lowest BCUT2D eigenvalue weighted by atomic mass is 10.0. The quantitative estimate of drug-likeness (QED) is 0.506. The van der Waals surface area contributed by atoms with Crippen LogP contribution in [-0.4, -0.2) is 17.1 Å². The molecule has 0 fully saturated rings. The normalized spacial score (nSPS) is 10.4. The van der Waals surface area contributed by atoms with Crippen LogP contribution in [0.4, 0.5) is 17.1 Å². The van der Waals surface area contributed by atoms with Crippen molar-refractivity contribution in [2.75, 3.05) is 17.3 Å². The third kappa shape index (κ3) is 4.26. The highest BCUT2D eigenvalue weighted by atomic mass is 32.1. The van der Waals surface area contributed by atoms with Gasteiger partial charge >= 0.3 is 0 Å². The van der Waals surface area contributed by atoms with Crippen molar-refractivity contribution in [2.24, 2.45) is 0 Å². The van der Waals surface area contributed by atoms with Crippen molar-refractivity contribution in [3.8, 4) is 0 Å². The number of non-ortho nitro benzene ring substituents is 1. The van der Waals surface area contributed by atoms with Gasteiger partial charge in [0.15, 0.2) is 5.11 Å². The third-order valence-corrected chi connectivity index (χ3v) is 3.96. The first-order valence-corrected chi connectivity index (χ1v) is 7.68. The maximum atomic E-state index is 10.7. The molecule has 0 spiro atoms. The second-order valence-corrected chi connectivity index (χ2v) is 5.93. The zero-order chi connectivity index (χ0) is 17.0. The zero-order valence-corrected chi connectivity index (χ0v) is 14.1. The van der Waals surface area contributed by atoms with Crippen molar-refractivity contribution in [2.45, 2.75) is 19.8 Å². The number of anilines is 2. The topological polar surface area (TPSA) is 58.4 Å². The number of rotatable bonds is 4. The Bertz CT molecular complexity index is 697. The Morgan fingerprint density at radius 2 is 1.70 bits per heavy atom. The maximum absolute atomic E-state index is 10.7. The van der Waals surface area contributed by atoms with Crippen LogP contribution in [0, 0.1) is 10.1 Å². The summed E-state index contributed by atoms with van der Waals surface area (Å²) >= 11 is 5.39. The van der Waals surface area contributed by atoms with E-state index in [2.05, 4.69) is 31.3 Å². The molecule has 0 saturated heterocycles. The molecule has 0 atom stereocenters. The Balaban J connectivity index is 2.05. The maximum Gasteiger partial charge on any atom is 0.269 e. The number of hydrogen-bond donors (Lipinski definition) is 1. The van der Waals surface area contributed by atoms with Gasteiger partial charge in [0, 0.05) is 30.6 Å². The van der Waals surface area contributed by atoms with Gasteiger partial charge in [-0.1, -0.05) is 26.0 Å². The SMILES string of the molecule is CC(C)c1ccc(NC(=S)N(C)c2ccc([N+](=O)[O-])cc2)cc1. The van der Waals surface area contributed by atoms with Gasteiger partial charge in [0.1, 0.15) is 0 Å². The Hall–Kier alpha value is -2.47. The van der Waals surface area contributed by atoms with E-state index in [0.29, 0.717) is 11.0 Å². The summed E-state index contributed by atoms with van der Waals surface area (Å²) in [4.78, 5) is 12.0. The number of nitro groups is 1. The lowest BCUT2D eigenvalue weighted by Crippen LogP contribution is -2.30. The summed E-state index contributed by atoms with van der Waals surface area (Å²) in [7, 11) is 1.82. The van der Waals surface area contributed by atoms with E-state index in [1.807, 2.05) is 19.2 Å². The van der Waals surface area contributed by atoms with Crippen LogP contribution in [0.2, 0.25) is 0 Å². The zero-order valence-electron chi connectivity index (χ0n) is 13.3. The predicted molar refractivity (Wildman–Crippen MR) is 98.3 cm³/mol. The highest BCUT2D eigenvalue weighted by molar-refractivity contribution is 7.80.